The van der Waals surface area contributed by atoms with E-state index >= 15 is 0 Å². The highest BCUT2D eigenvalue weighted by Gasteiger charge is 2.14. The fourth-order valence-electron chi connectivity index (χ4n) is 3.13. The third-order valence-electron chi connectivity index (χ3n) is 4.71. The number of imidazole rings is 1. The first kappa shape index (κ1) is 19.3. The van der Waals surface area contributed by atoms with E-state index in [0.29, 0.717) is 40.2 Å². The summed E-state index contributed by atoms with van der Waals surface area (Å²) in [5.41, 5.74) is 1.45. The van der Waals surface area contributed by atoms with E-state index in [1.807, 2.05) is 6.07 Å². The molecule has 8 heteroatoms. The average Bonchev–Trinajstić information content (AvgIpc) is 3.18. The van der Waals surface area contributed by atoms with E-state index in [4.69, 9.17) is 0 Å². The molecule has 1 amide bonds. The number of H-pyrrole nitrogens is 1. The minimum absolute atomic E-state index is 0.162. The molecule has 8 nitrogen and oxygen atoms in total. The third-order valence-corrected chi connectivity index (χ3v) is 4.71. The lowest BCUT2D eigenvalue weighted by Crippen LogP contribution is -2.16. The molecule has 2 aromatic heterocycles. The number of hydrogen-bond acceptors (Lipinski definition) is 5. The summed E-state index contributed by atoms with van der Waals surface area (Å²) in [6.45, 7) is 0. The van der Waals surface area contributed by atoms with Gasteiger partial charge in [-0.25, -0.2) is 9.97 Å². The van der Waals surface area contributed by atoms with Crippen molar-refractivity contribution in [3.8, 4) is 0 Å². The number of benzene rings is 2. The number of amides is 1. The Morgan fingerprint density at radius 3 is 2.60 bits per heavy atom. The average molecular weight is 401 g/mol. The first-order valence-corrected chi connectivity index (χ1v) is 9.41. The van der Waals surface area contributed by atoms with Crippen molar-refractivity contribution >= 4 is 28.3 Å². The van der Waals surface area contributed by atoms with Crippen LogP contribution in [0, 0.1) is 0 Å². The van der Waals surface area contributed by atoms with Crippen molar-refractivity contribution in [1.29, 1.82) is 0 Å². The van der Waals surface area contributed by atoms with Crippen LogP contribution >= 0.6 is 0 Å². The smallest absolute Gasteiger partial charge is 0.258 e. The molecule has 0 saturated carbocycles. The third kappa shape index (κ3) is 4.02. The number of fused-ring (bicyclic) bond motifs is 1. The van der Waals surface area contributed by atoms with Gasteiger partial charge in [-0.2, -0.15) is 0 Å². The Hall–Kier alpha value is -4.07. The van der Waals surface area contributed by atoms with Crippen LogP contribution in [0.1, 0.15) is 28.4 Å². The van der Waals surface area contributed by atoms with E-state index in [-0.39, 0.29) is 23.7 Å². The molecule has 150 valence electrons. The lowest BCUT2D eigenvalue weighted by molar-refractivity contribution is -0.116. The maximum atomic E-state index is 12.4. The van der Waals surface area contributed by atoms with Gasteiger partial charge in [0.15, 0.2) is 5.82 Å². The molecule has 4 aromatic rings. The Kier molecular flexibility index (Phi) is 5.21. The van der Waals surface area contributed by atoms with Gasteiger partial charge in [0, 0.05) is 43.5 Å². The number of para-hydroxylation sites is 1. The minimum atomic E-state index is -0.219. The number of nitrogens with zero attached hydrogens (tertiary/aromatic N) is 3. The zero-order valence-corrected chi connectivity index (χ0v) is 16.3. The summed E-state index contributed by atoms with van der Waals surface area (Å²) in [6, 6.07) is 13.7. The van der Waals surface area contributed by atoms with Crippen LogP contribution in [-0.2, 0) is 18.3 Å². The number of hydrogen-bond donors (Lipinski definition) is 2. The summed E-state index contributed by atoms with van der Waals surface area (Å²) in [5, 5.41) is 3.30. The maximum absolute atomic E-state index is 12.4. The summed E-state index contributed by atoms with van der Waals surface area (Å²) >= 11 is 0. The minimum Gasteiger partial charge on any atom is -0.331 e. The van der Waals surface area contributed by atoms with Crippen LogP contribution in [0.5, 0.6) is 0 Å². The summed E-state index contributed by atoms with van der Waals surface area (Å²) in [6.07, 6.45) is 3.75. The second-order valence-corrected chi connectivity index (χ2v) is 6.85. The molecular formula is C22H19N5O3. The van der Waals surface area contributed by atoms with Crippen molar-refractivity contribution in [2.24, 2.45) is 7.05 Å². The van der Waals surface area contributed by atoms with Crippen molar-refractivity contribution in [1.82, 2.24) is 19.5 Å². The highest BCUT2D eigenvalue weighted by molar-refractivity contribution is 6.07. The molecule has 30 heavy (non-hydrogen) atoms. The number of ketones is 1. The molecule has 4 rings (SSSR count). The van der Waals surface area contributed by atoms with Gasteiger partial charge in [0.25, 0.3) is 5.56 Å². The summed E-state index contributed by atoms with van der Waals surface area (Å²) in [7, 11) is 1.76. The van der Waals surface area contributed by atoms with Crippen LogP contribution in [0.4, 0.5) is 5.69 Å². The van der Waals surface area contributed by atoms with Gasteiger partial charge in [-0.3, -0.25) is 14.4 Å². The van der Waals surface area contributed by atoms with Crippen LogP contribution in [0.2, 0.25) is 0 Å². The number of anilines is 1. The second kappa shape index (κ2) is 8.12. The van der Waals surface area contributed by atoms with Crippen molar-refractivity contribution in [3.05, 3.63) is 88.5 Å². The van der Waals surface area contributed by atoms with Gasteiger partial charge in [0.05, 0.1) is 10.9 Å². The number of rotatable bonds is 6. The Labute approximate surface area is 171 Å². The molecule has 2 heterocycles. The van der Waals surface area contributed by atoms with Crippen molar-refractivity contribution in [3.63, 3.8) is 0 Å². The normalized spacial score (nSPS) is 10.8. The number of aromatic nitrogens is 4. The fraction of sp³-hybridized carbons (Fsp3) is 0.136. The van der Waals surface area contributed by atoms with Crippen LogP contribution in [0.25, 0.3) is 10.9 Å². The highest BCUT2D eigenvalue weighted by Crippen LogP contribution is 2.14. The topological polar surface area (TPSA) is 110 Å². The zero-order valence-electron chi connectivity index (χ0n) is 16.3. The monoisotopic (exact) mass is 401 g/mol. The van der Waals surface area contributed by atoms with Crippen LogP contribution in [-0.4, -0.2) is 31.2 Å². The molecule has 0 unspecified atom stereocenters. The Bertz CT molecular complexity index is 1290. The highest BCUT2D eigenvalue weighted by atomic mass is 16.1. The first-order valence-electron chi connectivity index (χ1n) is 9.41. The number of aryl methyl sites for hydroxylation is 2. The van der Waals surface area contributed by atoms with Gasteiger partial charge >= 0.3 is 0 Å². The van der Waals surface area contributed by atoms with E-state index in [9.17, 15) is 14.4 Å². The number of carbonyl (C=O) groups is 2. The van der Waals surface area contributed by atoms with Gasteiger partial charge < -0.3 is 14.9 Å². The van der Waals surface area contributed by atoms with Crippen LogP contribution < -0.4 is 10.9 Å². The Morgan fingerprint density at radius 2 is 1.87 bits per heavy atom. The molecule has 0 aliphatic rings. The summed E-state index contributed by atoms with van der Waals surface area (Å²) in [5.74, 6) is 0.411. The first-order chi connectivity index (χ1) is 14.5. The standard InChI is InChI=1S/C22H19N5O3/c1-27-13-12-23-21(27)20(29)14-6-8-15(9-7-14)24-19(28)11-10-18-25-17-5-3-2-4-16(17)22(30)26-18/h2-9,12-13H,10-11H2,1H3,(H,24,28)(H,25,26,30). The quantitative estimate of drug-likeness (QED) is 0.482. The molecule has 2 N–H and O–H groups in total. The van der Waals surface area contributed by atoms with Gasteiger partial charge in [0.1, 0.15) is 5.82 Å². The summed E-state index contributed by atoms with van der Waals surface area (Å²) < 4.78 is 1.66. The predicted octanol–water partition coefficient (Wildman–Crippen LogP) is 2.46. The SMILES string of the molecule is Cn1ccnc1C(=O)c1ccc(NC(=O)CCc2nc3ccccc3c(=O)[nH]2)cc1. The number of aromatic amines is 1. The Balaban J connectivity index is 1.38. The second-order valence-electron chi connectivity index (χ2n) is 6.85. The molecule has 0 saturated heterocycles. The van der Waals surface area contributed by atoms with Crippen molar-refractivity contribution in [2.75, 3.05) is 5.32 Å². The lowest BCUT2D eigenvalue weighted by Gasteiger charge is -2.07. The molecule has 0 bridgehead atoms. The molecule has 0 spiro atoms. The molecule has 0 atom stereocenters. The lowest BCUT2D eigenvalue weighted by atomic mass is 10.1. The van der Waals surface area contributed by atoms with E-state index in [1.54, 1.807) is 66.5 Å². The van der Waals surface area contributed by atoms with E-state index < -0.39 is 0 Å². The molecule has 0 fully saturated rings. The van der Waals surface area contributed by atoms with Crippen molar-refractivity contribution < 1.29 is 9.59 Å². The zero-order chi connectivity index (χ0) is 21.1. The largest absolute Gasteiger partial charge is 0.331 e. The molecule has 2 aromatic carbocycles. The molecule has 0 aliphatic carbocycles. The maximum Gasteiger partial charge on any atom is 0.258 e. The molecular weight excluding hydrogens is 382 g/mol. The molecule has 0 aliphatic heterocycles. The van der Waals surface area contributed by atoms with E-state index in [2.05, 4.69) is 20.3 Å². The van der Waals surface area contributed by atoms with E-state index in [1.165, 1.54) is 0 Å². The Morgan fingerprint density at radius 1 is 1.10 bits per heavy atom. The van der Waals surface area contributed by atoms with E-state index in [0.717, 1.165) is 0 Å². The molecule has 0 radical (unpaired) electrons. The number of carbonyl (C=O) groups excluding carboxylic acids is 2. The fourth-order valence-corrected chi connectivity index (χ4v) is 3.13. The van der Waals surface area contributed by atoms with Crippen molar-refractivity contribution in [2.45, 2.75) is 12.8 Å². The van der Waals surface area contributed by atoms with Gasteiger partial charge in [-0.1, -0.05) is 12.1 Å². The van der Waals surface area contributed by atoms with Crippen LogP contribution in [0.15, 0.2) is 65.7 Å². The van der Waals surface area contributed by atoms with Crippen LogP contribution in [0.3, 0.4) is 0 Å². The van der Waals surface area contributed by atoms with Gasteiger partial charge in [-0.15, -0.1) is 0 Å². The summed E-state index contributed by atoms with van der Waals surface area (Å²) in [4.78, 5) is 48.0. The van der Waals surface area contributed by atoms with Gasteiger partial charge in [-0.05, 0) is 36.4 Å². The predicted molar refractivity (Wildman–Crippen MR) is 112 cm³/mol. The van der Waals surface area contributed by atoms with Gasteiger partial charge in [0.2, 0.25) is 11.7 Å². The number of nitrogens with one attached hydrogen (secondary N) is 2.